The standard InChI is InChI=1S/BH3O3.Ba.ClH.2H/c2-1(3)4;;;;/h2-4H;;1H;;/q;+2;;2*-1. The molecule has 0 saturated heterocycles. The first-order valence-corrected chi connectivity index (χ1v) is 0.775. The van der Waals surface area contributed by atoms with Gasteiger partial charge in [0.05, 0.1) is 0 Å². The molecule has 0 saturated carbocycles. The van der Waals surface area contributed by atoms with Gasteiger partial charge in [0.2, 0.25) is 0 Å². The van der Waals surface area contributed by atoms with E-state index in [4.69, 9.17) is 15.1 Å². The molecular formula is H6BBaClO3. The Balaban J connectivity index is -0.00000000750. The van der Waals surface area contributed by atoms with Crippen molar-refractivity contribution in [3.05, 3.63) is 0 Å². The largest absolute Gasteiger partial charge is 2.00 e. The Labute approximate surface area is 85.4 Å². The van der Waals surface area contributed by atoms with E-state index >= 15 is 0 Å². The van der Waals surface area contributed by atoms with Crippen molar-refractivity contribution in [1.29, 1.82) is 0 Å². The fraction of sp³-hybridized carbons (Fsp3) is 0. The maximum absolute atomic E-state index is 7.17. The third-order valence-corrected chi connectivity index (χ3v) is 0. The molecule has 0 radical (unpaired) electrons. The Morgan fingerprint density at radius 1 is 1.17 bits per heavy atom. The fourth-order valence-corrected chi connectivity index (χ4v) is 0. The fourth-order valence-electron chi connectivity index (χ4n) is 0. The van der Waals surface area contributed by atoms with Crippen LogP contribution in [0, 0.1) is 0 Å². The molecule has 0 spiro atoms. The topological polar surface area (TPSA) is 60.7 Å². The van der Waals surface area contributed by atoms with Crippen LogP contribution in [0.5, 0.6) is 0 Å². The molecule has 0 aromatic carbocycles. The minimum Gasteiger partial charge on any atom is -1.00 e. The Bertz CT molecular complexity index is 22.0. The second-order valence-corrected chi connectivity index (χ2v) is 0.346. The molecule has 0 atom stereocenters. The van der Waals surface area contributed by atoms with Crippen molar-refractivity contribution in [3.8, 4) is 0 Å². The van der Waals surface area contributed by atoms with Gasteiger partial charge in [-0.3, -0.25) is 0 Å². The van der Waals surface area contributed by atoms with E-state index in [0.717, 1.165) is 0 Å². The van der Waals surface area contributed by atoms with Crippen LogP contribution in [0.3, 0.4) is 0 Å². The van der Waals surface area contributed by atoms with Crippen molar-refractivity contribution >= 4 is 68.6 Å². The summed E-state index contributed by atoms with van der Waals surface area (Å²) in [5.74, 6) is 0. The van der Waals surface area contributed by atoms with Gasteiger partial charge in [0.25, 0.3) is 0 Å². The maximum Gasteiger partial charge on any atom is 2.00 e. The molecule has 3 N–H and O–H groups in total. The van der Waals surface area contributed by atoms with Crippen molar-refractivity contribution in [2.45, 2.75) is 0 Å². The predicted molar refractivity (Wildman–Crippen MR) is 27.6 cm³/mol. The van der Waals surface area contributed by atoms with Gasteiger partial charge in [0.15, 0.2) is 0 Å². The molecule has 0 aliphatic rings. The van der Waals surface area contributed by atoms with Crippen LogP contribution in [0.15, 0.2) is 0 Å². The zero-order chi connectivity index (χ0) is 3.58. The molecule has 0 heterocycles. The molecule has 0 aliphatic heterocycles. The van der Waals surface area contributed by atoms with Gasteiger partial charge in [0, 0.05) is 0 Å². The van der Waals surface area contributed by atoms with E-state index in [-0.39, 0.29) is 64.1 Å². The molecule has 0 aliphatic carbocycles. The molecule has 3 nitrogen and oxygen atoms in total. The molecule has 0 rings (SSSR count). The molecule has 6 heteroatoms. The minimum absolute atomic E-state index is 0. The van der Waals surface area contributed by atoms with Gasteiger partial charge in [-0.15, -0.1) is 12.4 Å². The number of rotatable bonds is 0. The first kappa shape index (κ1) is 15.7. The summed E-state index contributed by atoms with van der Waals surface area (Å²) in [7, 11) is -2.17. The van der Waals surface area contributed by atoms with E-state index < -0.39 is 7.32 Å². The van der Waals surface area contributed by atoms with E-state index in [0.29, 0.717) is 0 Å². The number of halogens is 1. The molecule has 0 unspecified atom stereocenters. The number of hydrogen-bond donors (Lipinski definition) is 3. The Hall–Kier alpha value is 1.81. The van der Waals surface area contributed by atoms with Crippen LogP contribution in [-0.2, 0) is 0 Å². The SMILES string of the molecule is Cl.OB(O)O.[Ba+2].[H-].[H-]. The van der Waals surface area contributed by atoms with Gasteiger partial charge >= 0.3 is 56.2 Å². The smallest absolute Gasteiger partial charge is 1.00 e. The molecule has 0 aromatic heterocycles. The first-order chi connectivity index (χ1) is 1.73. The average Bonchev–Trinajstić information content (AvgIpc) is 0.811. The zero-order valence-corrected chi connectivity index (χ0v) is 8.29. The number of hydrogen-bond acceptors (Lipinski definition) is 3. The second-order valence-electron chi connectivity index (χ2n) is 0.346. The van der Waals surface area contributed by atoms with Crippen LogP contribution in [-0.4, -0.2) is 71.3 Å². The van der Waals surface area contributed by atoms with Crippen molar-refractivity contribution in [3.63, 3.8) is 0 Å². The summed E-state index contributed by atoms with van der Waals surface area (Å²) in [5.41, 5.74) is 0. The summed E-state index contributed by atoms with van der Waals surface area (Å²) in [5, 5.41) is 21.5. The van der Waals surface area contributed by atoms with Crippen LogP contribution in [0.25, 0.3) is 0 Å². The summed E-state index contributed by atoms with van der Waals surface area (Å²) < 4.78 is 0. The summed E-state index contributed by atoms with van der Waals surface area (Å²) in [6.07, 6.45) is 0. The Morgan fingerprint density at radius 2 is 1.17 bits per heavy atom. The molecule has 0 amide bonds. The van der Waals surface area contributed by atoms with Crippen LogP contribution >= 0.6 is 12.4 Å². The van der Waals surface area contributed by atoms with E-state index in [9.17, 15) is 0 Å². The van der Waals surface area contributed by atoms with Crippen molar-refractivity contribution in [2.24, 2.45) is 0 Å². The molecule has 36 valence electrons. The van der Waals surface area contributed by atoms with Crippen LogP contribution in [0.4, 0.5) is 0 Å². The normalized spacial score (nSPS) is 4.50. The summed E-state index contributed by atoms with van der Waals surface area (Å²) in [6, 6.07) is 0. The van der Waals surface area contributed by atoms with Gasteiger partial charge in [0.1, 0.15) is 0 Å². The minimum atomic E-state index is -2.17. The molecule has 6 heavy (non-hydrogen) atoms. The van der Waals surface area contributed by atoms with Gasteiger partial charge < -0.3 is 17.9 Å². The average molecular weight is 238 g/mol. The summed E-state index contributed by atoms with van der Waals surface area (Å²) in [4.78, 5) is 0. The first-order valence-electron chi connectivity index (χ1n) is 0.775. The van der Waals surface area contributed by atoms with Crippen LogP contribution in [0.2, 0.25) is 0 Å². The van der Waals surface area contributed by atoms with E-state index in [1.165, 1.54) is 0 Å². The van der Waals surface area contributed by atoms with Gasteiger partial charge in [-0.2, -0.15) is 0 Å². The van der Waals surface area contributed by atoms with Gasteiger partial charge in [-0.1, -0.05) is 0 Å². The Morgan fingerprint density at radius 3 is 1.17 bits per heavy atom. The zero-order valence-electron chi connectivity index (χ0n) is 5.03. The van der Waals surface area contributed by atoms with Crippen molar-refractivity contribution < 1.29 is 17.9 Å². The molecule has 0 aromatic rings. The van der Waals surface area contributed by atoms with Crippen LogP contribution in [0.1, 0.15) is 2.85 Å². The van der Waals surface area contributed by atoms with Crippen molar-refractivity contribution in [1.82, 2.24) is 0 Å². The second kappa shape index (κ2) is 9.93. The van der Waals surface area contributed by atoms with Crippen molar-refractivity contribution in [2.75, 3.05) is 0 Å². The van der Waals surface area contributed by atoms with Gasteiger partial charge in [-0.05, 0) is 0 Å². The monoisotopic (exact) mass is 238 g/mol. The molecule has 0 fully saturated rings. The van der Waals surface area contributed by atoms with E-state index in [2.05, 4.69) is 0 Å². The van der Waals surface area contributed by atoms with Crippen LogP contribution < -0.4 is 0 Å². The summed E-state index contributed by atoms with van der Waals surface area (Å²) in [6.45, 7) is 0. The van der Waals surface area contributed by atoms with E-state index in [1.54, 1.807) is 0 Å². The molecular weight excluding hydrogens is 232 g/mol. The predicted octanol–water partition coefficient (Wildman–Crippen LogP) is -1.79. The maximum atomic E-state index is 7.17. The van der Waals surface area contributed by atoms with Gasteiger partial charge in [-0.25, -0.2) is 0 Å². The van der Waals surface area contributed by atoms with E-state index in [1.807, 2.05) is 0 Å². The summed E-state index contributed by atoms with van der Waals surface area (Å²) >= 11 is 0. The Kier molecular flexibility index (Phi) is 25.9. The third-order valence-electron chi connectivity index (χ3n) is 0. The quantitative estimate of drug-likeness (QED) is 0.437. The molecule has 0 bridgehead atoms. The third kappa shape index (κ3) is 41.1.